The zero-order chi connectivity index (χ0) is 10.5. The molecule has 1 heteroatoms. The van der Waals surface area contributed by atoms with Gasteiger partial charge in [-0.2, -0.15) is 0 Å². The van der Waals surface area contributed by atoms with Crippen LogP contribution < -0.4 is 5.32 Å². The molecule has 0 bridgehead atoms. The second-order valence-electron chi connectivity index (χ2n) is 4.60. The molecule has 15 heavy (non-hydrogen) atoms. The molecule has 0 aromatic heterocycles. The molecule has 1 fully saturated rings. The van der Waals surface area contributed by atoms with Crippen molar-refractivity contribution in [2.75, 3.05) is 6.54 Å². The summed E-state index contributed by atoms with van der Waals surface area (Å²) in [5.74, 6) is 0.958. The van der Waals surface area contributed by atoms with Crippen LogP contribution in [0.5, 0.6) is 0 Å². The van der Waals surface area contributed by atoms with Gasteiger partial charge >= 0.3 is 0 Å². The van der Waals surface area contributed by atoms with Crippen molar-refractivity contribution in [2.24, 2.45) is 5.92 Å². The highest BCUT2D eigenvalue weighted by Crippen LogP contribution is 2.25. The smallest absolute Gasteiger partial charge is 0.0205 e. The van der Waals surface area contributed by atoms with Crippen molar-refractivity contribution in [1.29, 1.82) is 0 Å². The summed E-state index contributed by atoms with van der Waals surface area (Å²) in [7, 11) is 0. The van der Waals surface area contributed by atoms with Crippen molar-refractivity contribution in [1.82, 2.24) is 5.32 Å². The van der Waals surface area contributed by atoms with Crippen LogP contribution in [-0.4, -0.2) is 6.54 Å². The van der Waals surface area contributed by atoms with Crippen LogP contribution in [0.3, 0.4) is 0 Å². The third kappa shape index (κ3) is 3.07. The lowest BCUT2D eigenvalue weighted by Crippen LogP contribution is -2.26. The fourth-order valence-electron chi connectivity index (χ4n) is 2.01. The molecular weight excluding hydrogens is 182 g/mol. The average Bonchev–Trinajstić information content (AvgIpc) is 2.23. The number of aryl methyl sites for hydroxylation is 1. The van der Waals surface area contributed by atoms with Crippen LogP contribution in [0.15, 0.2) is 24.3 Å². The molecule has 0 spiro atoms. The third-order valence-corrected chi connectivity index (χ3v) is 3.42. The van der Waals surface area contributed by atoms with Crippen molar-refractivity contribution in [3.8, 4) is 0 Å². The molecule has 2 rings (SSSR count). The lowest BCUT2D eigenvalue weighted by atomic mass is 9.85. The van der Waals surface area contributed by atoms with Gasteiger partial charge in [0, 0.05) is 6.54 Å². The molecule has 1 nitrogen and oxygen atoms in total. The molecule has 1 aliphatic carbocycles. The van der Waals surface area contributed by atoms with E-state index in [0.29, 0.717) is 0 Å². The number of rotatable bonds is 5. The maximum Gasteiger partial charge on any atom is 0.0205 e. The summed E-state index contributed by atoms with van der Waals surface area (Å²) in [6.07, 6.45) is 5.44. The molecule has 0 radical (unpaired) electrons. The Kier molecular flexibility index (Phi) is 3.79. The first-order valence-electron chi connectivity index (χ1n) is 6.17. The van der Waals surface area contributed by atoms with E-state index in [1.54, 1.807) is 0 Å². The number of hydrogen-bond acceptors (Lipinski definition) is 1. The van der Waals surface area contributed by atoms with Crippen LogP contribution >= 0.6 is 0 Å². The Labute approximate surface area is 92.9 Å². The summed E-state index contributed by atoms with van der Waals surface area (Å²) < 4.78 is 0. The highest BCUT2D eigenvalue weighted by molar-refractivity contribution is 5.22. The molecule has 1 aromatic carbocycles. The lowest BCUT2D eigenvalue weighted by Gasteiger charge is -2.25. The first-order chi connectivity index (χ1) is 7.38. The third-order valence-electron chi connectivity index (χ3n) is 3.42. The van der Waals surface area contributed by atoms with Gasteiger partial charge in [-0.3, -0.25) is 0 Å². The van der Waals surface area contributed by atoms with Gasteiger partial charge < -0.3 is 5.32 Å². The highest BCUT2D eigenvalue weighted by atomic mass is 14.9. The monoisotopic (exact) mass is 203 g/mol. The molecule has 0 aliphatic heterocycles. The van der Waals surface area contributed by atoms with Crippen LogP contribution in [0.2, 0.25) is 0 Å². The zero-order valence-electron chi connectivity index (χ0n) is 9.63. The Balaban J connectivity index is 1.72. The number of nitrogens with one attached hydrogen (secondary N) is 1. The SMILES string of the molecule is CCc1ccc(CNCC2CCC2)cc1. The molecule has 0 atom stereocenters. The fourth-order valence-corrected chi connectivity index (χ4v) is 2.01. The molecule has 1 aromatic rings. The Morgan fingerprint density at radius 1 is 1.13 bits per heavy atom. The summed E-state index contributed by atoms with van der Waals surface area (Å²) >= 11 is 0. The van der Waals surface area contributed by atoms with Crippen LogP contribution in [0.25, 0.3) is 0 Å². The van der Waals surface area contributed by atoms with Crippen molar-refractivity contribution in [3.05, 3.63) is 35.4 Å². The van der Waals surface area contributed by atoms with Gasteiger partial charge in [-0.05, 0) is 42.9 Å². The molecule has 0 unspecified atom stereocenters. The zero-order valence-corrected chi connectivity index (χ0v) is 9.63. The molecule has 82 valence electrons. The molecular formula is C14H21N. The summed E-state index contributed by atoms with van der Waals surface area (Å²) in [6, 6.07) is 8.96. The Hall–Kier alpha value is -0.820. The van der Waals surface area contributed by atoms with E-state index in [-0.39, 0.29) is 0 Å². The van der Waals surface area contributed by atoms with E-state index in [4.69, 9.17) is 0 Å². The number of benzene rings is 1. The fraction of sp³-hybridized carbons (Fsp3) is 0.571. The Morgan fingerprint density at radius 3 is 2.33 bits per heavy atom. The maximum atomic E-state index is 3.54. The van der Waals surface area contributed by atoms with Crippen molar-refractivity contribution in [3.63, 3.8) is 0 Å². The van der Waals surface area contributed by atoms with E-state index in [1.807, 2.05) is 0 Å². The van der Waals surface area contributed by atoms with Gasteiger partial charge in [-0.15, -0.1) is 0 Å². The van der Waals surface area contributed by atoms with Crippen molar-refractivity contribution >= 4 is 0 Å². The molecule has 0 saturated heterocycles. The summed E-state index contributed by atoms with van der Waals surface area (Å²) in [5.41, 5.74) is 2.84. The van der Waals surface area contributed by atoms with Crippen molar-refractivity contribution < 1.29 is 0 Å². The summed E-state index contributed by atoms with van der Waals surface area (Å²) in [6.45, 7) is 4.43. The van der Waals surface area contributed by atoms with E-state index in [1.165, 1.54) is 36.9 Å². The normalized spacial score (nSPS) is 16.3. The van der Waals surface area contributed by atoms with Gasteiger partial charge in [-0.1, -0.05) is 37.6 Å². The largest absolute Gasteiger partial charge is 0.312 e. The van der Waals surface area contributed by atoms with E-state index in [2.05, 4.69) is 36.5 Å². The molecule has 1 saturated carbocycles. The van der Waals surface area contributed by atoms with Crippen LogP contribution in [0, 0.1) is 5.92 Å². The van der Waals surface area contributed by atoms with E-state index in [0.717, 1.165) is 18.9 Å². The quantitative estimate of drug-likeness (QED) is 0.775. The van der Waals surface area contributed by atoms with Gasteiger partial charge in [0.25, 0.3) is 0 Å². The lowest BCUT2D eigenvalue weighted by molar-refractivity contribution is 0.301. The topological polar surface area (TPSA) is 12.0 Å². The molecule has 0 amide bonds. The standard InChI is InChI=1S/C14H21N/c1-2-12-6-8-14(9-7-12)11-15-10-13-4-3-5-13/h6-9,13,15H,2-5,10-11H2,1H3. The van der Waals surface area contributed by atoms with E-state index >= 15 is 0 Å². The second-order valence-corrected chi connectivity index (χ2v) is 4.60. The minimum atomic E-state index is 0.958. The predicted molar refractivity (Wildman–Crippen MR) is 64.9 cm³/mol. The first-order valence-corrected chi connectivity index (χ1v) is 6.17. The summed E-state index contributed by atoms with van der Waals surface area (Å²) in [4.78, 5) is 0. The van der Waals surface area contributed by atoms with E-state index < -0.39 is 0 Å². The minimum absolute atomic E-state index is 0.958. The minimum Gasteiger partial charge on any atom is -0.312 e. The van der Waals surface area contributed by atoms with Crippen LogP contribution in [-0.2, 0) is 13.0 Å². The molecule has 1 N–H and O–H groups in total. The summed E-state index contributed by atoms with van der Waals surface area (Å²) in [5, 5.41) is 3.54. The Bertz CT molecular complexity index is 285. The Morgan fingerprint density at radius 2 is 1.80 bits per heavy atom. The van der Waals surface area contributed by atoms with Gasteiger partial charge in [0.1, 0.15) is 0 Å². The van der Waals surface area contributed by atoms with Crippen LogP contribution in [0.1, 0.15) is 37.3 Å². The average molecular weight is 203 g/mol. The highest BCUT2D eigenvalue weighted by Gasteiger charge is 2.16. The van der Waals surface area contributed by atoms with Crippen LogP contribution in [0.4, 0.5) is 0 Å². The van der Waals surface area contributed by atoms with Gasteiger partial charge in [-0.25, -0.2) is 0 Å². The maximum absolute atomic E-state index is 3.54. The van der Waals surface area contributed by atoms with Gasteiger partial charge in [0.05, 0.1) is 0 Å². The van der Waals surface area contributed by atoms with Gasteiger partial charge in [0.2, 0.25) is 0 Å². The molecule has 0 heterocycles. The molecule has 1 aliphatic rings. The number of hydrogen-bond donors (Lipinski definition) is 1. The van der Waals surface area contributed by atoms with E-state index in [9.17, 15) is 0 Å². The first kappa shape index (κ1) is 10.7. The van der Waals surface area contributed by atoms with Gasteiger partial charge in [0.15, 0.2) is 0 Å². The predicted octanol–water partition coefficient (Wildman–Crippen LogP) is 3.14. The second kappa shape index (κ2) is 5.32. The van der Waals surface area contributed by atoms with Crippen molar-refractivity contribution in [2.45, 2.75) is 39.2 Å².